The summed E-state index contributed by atoms with van der Waals surface area (Å²) in [6.07, 6.45) is -0.253. The molecule has 1 saturated heterocycles. The second-order valence-electron chi connectivity index (χ2n) is 9.34. The number of thiophene rings is 1. The minimum Gasteiger partial charge on any atom is -0.375 e. The Morgan fingerprint density at radius 2 is 2.10 bits per heavy atom. The molecule has 0 spiro atoms. The zero-order chi connectivity index (χ0) is 28.2. The van der Waals surface area contributed by atoms with Crippen LogP contribution >= 0.6 is 22.9 Å². The molecule has 12 heteroatoms. The molecule has 1 atom stereocenters. The maximum atomic E-state index is 12.6. The van der Waals surface area contributed by atoms with E-state index in [1.54, 1.807) is 6.20 Å². The minimum absolute atomic E-state index is 0.0270. The summed E-state index contributed by atoms with van der Waals surface area (Å²) < 4.78 is 44.6. The Morgan fingerprint density at radius 3 is 2.79 bits per heavy atom. The number of rotatable bonds is 9. The summed E-state index contributed by atoms with van der Waals surface area (Å²) in [5.74, 6) is -0.538. The number of pyridine rings is 1. The predicted octanol–water partition coefficient (Wildman–Crippen LogP) is 4.95. The lowest BCUT2D eigenvalue weighted by molar-refractivity contribution is -0.148. The first kappa shape index (κ1) is 29.0. The Balaban J connectivity index is 1.58. The Morgan fingerprint density at radius 1 is 1.31 bits per heavy atom. The number of aryl methyl sites for hydroxylation is 1. The van der Waals surface area contributed by atoms with Gasteiger partial charge in [-0.1, -0.05) is 11.6 Å². The Labute approximate surface area is 233 Å². The molecule has 1 aliphatic heterocycles. The molecule has 1 unspecified atom stereocenters. The number of fused-ring (bicyclic) bond motifs is 1. The third-order valence-corrected chi connectivity index (χ3v) is 7.66. The van der Waals surface area contributed by atoms with Crippen molar-refractivity contribution < 1.29 is 27.5 Å². The number of halogens is 4. The van der Waals surface area contributed by atoms with E-state index in [2.05, 4.69) is 10.3 Å². The van der Waals surface area contributed by atoms with Crippen LogP contribution in [0.2, 0.25) is 5.02 Å². The molecule has 1 aliphatic rings. The molecular weight excluding hydrogens is 553 g/mol. The number of nitrogens with zero attached hydrogens (tertiary/aromatic N) is 3. The maximum absolute atomic E-state index is 12.6. The average Bonchev–Trinajstić information content (AvgIpc) is 3.30. The van der Waals surface area contributed by atoms with Crippen molar-refractivity contribution in [1.29, 1.82) is 0 Å². The van der Waals surface area contributed by atoms with Crippen LogP contribution in [0.5, 0.6) is 0 Å². The summed E-state index contributed by atoms with van der Waals surface area (Å²) in [6, 6.07) is 7.74. The summed E-state index contributed by atoms with van der Waals surface area (Å²) >= 11 is 7.96. The lowest BCUT2D eigenvalue weighted by atomic mass is 9.92. The van der Waals surface area contributed by atoms with Crippen molar-refractivity contribution in [2.45, 2.75) is 32.2 Å². The van der Waals surface area contributed by atoms with Crippen molar-refractivity contribution in [3.05, 3.63) is 63.8 Å². The van der Waals surface area contributed by atoms with Crippen LogP contribution in [0.25, 0.3) is 21.3 Å². The van der Waals surface area contributed by atoms with Gasteiger partial charge in [-0.2, -0.15) is 13.2 Å². The van der Waals surface area contributed by atoms with Gasteiger partial charge in [0.15, 0.2) is 0 Å². The zero-order valence-corrected chi connectivity index (χ0v) is 23.0. The first-order valence-corrected chi connectivity index (χ1v) is 13.4. The van der Waals surface area contributed by atoms with Gasteiger partial charge in [-0.15, -0.1) is 11.3 Å². The lowest BCUT2D eigenvalue weighted by Gasteiger charge is -2.25. The molecule has 0 bridgehead atoms. The molecule has 2 aromatic heterocycles. The molecule has 1 aromatic carbocycles. The quantitative estimate of drug-likeness (QED) is 0.286. The molecule has 7 nitrogen and oxygen atoms in total. The van der Waals surface area contributed by atoms with Gasteiger partial charge in [0.05, 0.1) is 29.5 Å². The van der Waals surface area contributed by atoms with Crippen LogP contribution in [-0.2, 0) is 27.3 Å². The fourth-order valence-electron chi connectivity index (χ4n) is 4.47. The van der Waals surface area contributed by atoms with E-state index in [0.29, 0.717) is 16.5 Å². The summed E-state index contributed by atoms with van der Waals surface area (Å²) in [5.41, 5.74) is 4.96. The fraction of sp³-hybridized carbons (Fsp3) is 0.370. The standard InChI is InChI=1S/C27H28ClF3N4O3S/c1-17-9-18(28)10-23(22(17)11-19-13-32-6-8-38-19)21-3-5-33-24-12-20(39-26(21)24)14-34(2)25(37)4-7-35(16-36)15-27(29,30)31/h3-5,7,9-10,12,16,19,32H,6,8,11,13-15H2,1-2H3/b7-4-. The van der Waals surface area contributed by atoms with E-state index >= 15 is 0 Å². The topological polar surface area (TPSA) is 74.8 Å². The number of hydrogen-bond donors (Lipinski definition) is 1. The molecule has 2 amide bonds. The highest BCUT2D eigenvalue weighted by Gasteiger charge is 2.29. The van der Waals surface area contributed by atoms with Gasteiger partial charge >= 0.3 is 6.18 Å². The smallest absolute Gasteiger partial charge is 0.375 e. The first-order chi connectivity index (χ1) is 18.5. The van der Waals surface area contributed by atoms with Crippen molar-refractivity contribution in [3.8, 4) is 11.1 Å². The Hall–Kier alpha value is -2.99. The monoisotopic (exact) mass is 580 g/mol. The Kier molecular flexibility index (Phi) is 9.27. The number of ether oxygens (including phenoxy) is 1. The van der Waals surface area contributed by atoms with Gasteiger partial charge in [0.1, 0.15) is 6.54 Å². The van der Waals surface area contributed by atoms with Crippen LogP contribution < -0.4 is 5.32 Å². The van der Waals surface area contributed by atoms with Gasteiger partial charge in [0.25, 0.3) is 0 Å². The highest BCUT2D eigenvalue weighted by Crippen LogP contribution is 2.38. The number of nitrogens with one attached hydrogen (secondary N) is 1. The average molecular weight is 581 g/mol. The number of aromatic nitrogens is 1. The highest BCUT2D eigenvalue weighted by atomic mass is 35.5. The fourth-order valence-corrected chi connectivity index (χ4v) is 5.94. The van der Waals surface area contributed by atoms with Crippen molar-refractivity contribution in [3.63, 3.8) is 0 Å². The SMILES string of the molecule is Cc1cc(Cl)cc(-c2ccnc3cc(CN(C)C(=O)/C=C\N(C=O)CC(F)(F)F)sc23)c1CC1CNCCO1. The van der Waals surface area contributed by atoms with Gasteiger partial charge in [0, 0.05) is 60.5 Å². The van der Waals surface area contributed by atoms with Crippen molar-refractivity contribution in [2.24, 2.45) is 0 Å². The molecule has 39 heavy (non-hydrogen) atoms. The van der Waals surface area contributed by atoms with Crippen molar-refractivity contribution >= 4 is 45.5 Å². The molecule has 0 radical (unpaired) electrons. The molecule has 1 fully saturated rings. The second-order valence-corrected chi connectivity index (χ2v) is 10.9. The van der Waals surface area contributed by atoms with Crippen LogP contribution in [0.1, 0.15) is 16.0 Å². The molecular formula is C27H28ClF3N4O3S. The number of hydrogen-bond acceptors (Lipinski definition) is 6. The number of likely N-dealkylation sites (N-methyl/N-ethyl adjacent to an activating group) is 1. The normalized spacial score (nSPS) is 16.1. The second kappa shape index (κ2) is 12.5. The number of carbonyl (C=O) groups is 2. The minimum atomic E-state index is -4.57. The molecule has 4 rings (SSSR count). The lowest BCUT2D eigenvalue weighted by Crippen LogP contribution is -2.39. The Bertz CT molecular complexity index is 1370. The van der Waals surface area contributed by atoms with Crippen LogP contribution in [-0.4, -0.2) is 72.7 Å². The maximum Gasteiger partial charge on any atom is 0.406 e. The van der Waals surface area contributed by atoms with Crippen LogP contribution in [0.15, 0.2) is 42.7 Å². The number of carbonyl (C=O) groups excluding carboxylic acids is 2. The summed E-state index contributed by atoms with van der Waals surface area (Å²) in [4.78, 5) is 30.5. The third-order valence-electron chi connectivity index (χ3n) is 6.30. The summed E-state index contributed by atoms with van der Waals surface area (Å²) in [7, 11) is 1.54. The van der Waals surface area contributed by atoms with E-state index in [1.165, 1.54) is 23.3 Å². The number of benzene rings is 1. The molecule has 3 aromatic rings. The molecule has 208 valence electrons. The van der Waals surface area contributed by atoms with E-state index in [0.717, 1.165) is 69.1 Å². The summed E-state index contributed by atoms with van der Waals surface area (Å²) in [6.45, 7) is 3.05. The van der Waals surface area contributed by atoms with Crippen LogP contribution in [0, 0.1) is 6.92 Å². The van der Waals surface area contributed by atoms with Gasteiger partial charge in [-0.05, 0) is 47.9 Å². The van der Waals surface area contributed by atoms with E-state index in [1.807, 2.05) is 31.2 Å². The van der Waals surface area contributed by atoms with Gasteiger partial charge < -0.3 is 19.9 Å². The van der Waals surface area contributed by atoms with Crippen molar-refractivity contribution in [1.82, 2.24) is 20.1 Å². The van der Waals surface area contributed by atoms with Crippen molar-refractivity contribution in [2.75, 3.05) is 33.3 Å². The largest absolute Gasteiger partial charge is 0.406 e. The van der Waals surface area contributed by atoms with Crippen LogP contribution in [0.3, 0.4) is 0 Å². The third kappa shape index (κ3) is 7.57. The molecule has 0 saturated carbocycles. The zero-order valence-electron chi connectivity index (χ0n) is 21.4. The van der Waals surface area contributed by atoms with E-state index in [-0.39, 0.29) is 19.1 Å². The van der Waals surface area contributed by atoms with E-state index < -0.39 is 18.6 Å². The van der Waals surface area contributed by atoms with Crippen LogP contribution in [0.4, 0.5) is 13.2 Å². The summed E-state index contributed by atoms with van der Waals surface area (Å²) in [5, 5.41) is 4.00. The number of amides is 2. The van der Waals surface area contributed by atoms with E-state index in [9.17, 15) is 22.8 Å². The van der Waals surface area contributed by atoms with Gasteiger partial charge in [-0.3, -0.25) is 14.6 Å². The molecule has 1 N–H and O–H groups in total. The predicted molar refractivity (Wildman–Crippen MR) is 146 cm³/mol. The first-order valence-electron chi connectivity index (χ1n) is 12.2. The number of morpholine rings is 1. The molecule has 0 aliphatic carbocycles. The van der Waals surface area contributed by atoms with E-state index in [4.69, 9.17) is 16.3 Å². The van der Waals surface area contributed by atoms with Gasteiger partial charge in [0.2, 0.25) is 12.3 Å². The number of alkyl halides is 3. The van der Waals surface area contributed by atoms with Gasteiger partial charge in [-0.25, -0.2) is 0 Å². The molecule has 3 heterocycles. The highest BCUT2D eigenvalue weighted by molar-refractivity contribution is 7.19.